The molecular formula is C27H17F3N2O2S2. The lowest BCUT2D eigenvalue weighted by Crippen LogP contribution is -2.05. The molecule has 2 heterocycles. The lowest BCUT2D eigenvalue weighted by Gasteiger charge is -2.09. The number of rotatable bonds is 5. The summed E-state index contributed by atoms with van der Waals surface area (Å²) in [6.45, 7) is 1.63. The Hall–Kier alpha value is -3.82. The van der Waals surface area contributed by atoms with Crippen LogP contribution in [0.5, 0.6) is 0 Å². The molecule has 0 saturated carbocycles. The van der Waals surface area contributed by atoms with Crippen molar-refractivity contribution in [2.24, 2.45) is 0 Å². The van der Waals surface area contributed by atoms with Gasteiger partial charge in [-0.1, -0.05) is 42.5 Å². The van der Waals surface area contributed by atoms with Gasteiger partial charge in [0.05, 0.1) is 22.5 Å². The Labute approximate surface area is 212 Å². The van der Waals surface area contributed by atoms with Crippen molar-refractivity contribution in [1.29, 1.82) is 0 Å². The summed E-state index contributed by atoms with van der Waals surface area (Å²) in [4.78, 5) is 20.7. The molecule has 3 aromatic carbocycles. The molecule has 36 heavy (non-hydrogen) atoms. The van der Waals surface area contributed by atoms with Crippen LogP contribution >= 0.6 is 22.7 Å². The first kappa shape index (κ1) is 23.9. The van der Waals surface area contributed by atoms with Gasteiger partial charge in [-0.25, -0.2) is 14.8 Å². The topological polar surface area (TPSA) is 63.1 Å². The van der Waals surface area contributed by atoms with Gasteiger partial charge in [0.25, 0.3) is 0 Å². The number of hydrogen-bond acceptors (Lipinski definition) is 5. The van der Waals surface area contributed by atoms with E-state index in [1.54, 1.807) is 42.6 Å². The van der Waals surface area contributed by atoms with Crippen LogP contribution in [0.15, 0.2) is 77.5 Å². The molecule has 0 unspecified atom stereocenters. The highest BCUT2D eigenvalue weighted by Crippen LogP contribution is 2.36. The van der Waals surface area contributed by atoms with E-state index in [9.17, 15) is 23.1 Å². The van der Waals surface area contributed by atoms with Crippen LogP contribution in [-0.2, 0) is 6.18 Å². The van der Waals surface area contributed by atoms with E-state index >= 15 is 0 Å². The van der Waals surface area contributed by atoms with Crippen molar-refractivity contribution in [3.8, 4) is 43.7 Å². The molecule has 0 aliphatic heterocycles. The fourth-order valence-electron chi connectivity index (χ4n) is 3.80. The van der Waals surface area contributed by atoms with Crippen molar-refractivity contribution in [1.82, 2.24) is 9.97 Å². The Bertz CT molecular complexity index is 1570. The molecule has 4 nitrogen and oxygen atoms in total. The van der Waals surface area contributed by atoms with Crippen LogP contribution in [0.4, 0.5) is 13.2 Å². The summed E-state index contributed by atoms with van der Waals surface area (Å²) in [7, 11) is 0. The highest BCUT2D eigenvalue weighted by atomic mass is 32.1. The molecule has 9 heteroatoms. The Morgan fingerprint density at radius 3 is 2.11 bits per heavy atom. The van der Waals surface area contributed by atoms with E-state index in [-0.39, 0.29) is 5.56 Å². The van der Waals surface area contributed by atoms with E-state index in [0.29, 0.717) is 32.4 Å². The average Bonchev–Trinajstić information content (AvgIpc) is 3.54. The summed E-state index contributed by atoms with van der Waals surface area (Å²) >= 11 is 2.73. The molecular weight excluding hydrogens is 505 g/mol. The maximum atomic E-state index is 13.2. The first-order chi connectivity index (χ1) is 17.2. The average molecular weight is 523 g/mol. The number of carbonyl (C=O) groups is 1. The molecule has 0 aliphatic rings. The van der Waals surface area contributed by atoms with Crippen LogP contribution in [-0.4, -0.2) is 21.0 Å². The SMILES string of the molecule is Cc1cc(-c2csc(-c3ccc(-c4csc(-c5ccccc5C(=O)O)n4)cc3)n2)cc(C(F)(F)F)c1. The van der Waals surface area contributed by atoms with Crippen LogP contribution in [0, 0.1) is 6.92 Å². The molecule has 0 aliphatic carbocycles. The second-order valence-electron chi connectivity index (χ2n) is 8.09. The second-order valence-corrected chi connectivity index (χ2v) is 9.81. The third kappa shape index (κ3) is 4.80. The summed E-state index contributed by atoms with van der Waals surface area (Å²) in [5, 5.41) is 14.4. The molecule has 0 saturated heterocycles. The normalized spacial score (nSPS) is 11.6. The van der Waals surface area contributed by atoms with Gasteiger partial charge < -0.3 is 5.11 Å². The van der Waals surface area contributed by atoms with Crippen molar-refractivity contribution in [2.75, 3.05) is 0 Å². The van der Waals surface area contributed by atoms with E-state index in [4.69, 9.17) is 0 Å². The minimum absolute atomic E-state index is 0.198. The first-order valence-corrected chi connectivity index (χ1v) is 12.5. The molecule has 2 aromatic heterocycles. The number of carboxylic acids is 1. The van der Waals surface area contributed by atoms with Gasteiger partial charge in [-0.3, -0.25) is 0 Å². The summed E-state index contributed by atoms with van der Waals surface area (Å²) in [6, 6.07) is 18.3. The molecule has 5 aromatic rings. The first-order valence-electron chi connectivity index (χ1n) is 10.7. The molecule has 5 rings (SSSR count). The zero-order chi connectivity index (χ0) is 25.4. The number of thiazole rings is 2. The molecule has 0 atom stereocenters. The third-order valence-corrected chi connectivity index (χ3v) is 7.29. The van der Waals surface area contributed by atoms with Crippen LogP contribution in [0.25, 0.3) is 43.7 Å². The van der Waals surface area contributed by atoms with Crippen LogP contribution in [0.3, 0.4) is 0 Å². The monoisotopic (exact) mass is 522 g/mol. The zero-order valence-corrected chi connectivity index (χ0v) is 20.3. The van der Waals surface area contributed by atoms with Crippen molar-refractivity contribution in [2.45, 2.75) is 13.1 Å². The van der Waals surface area contributed by atoms with E-state index < -0.39 is 17.7 Å². The number of aromatic carboxylic acids is 1. The fraction of sp³-hybridized carbons (Fsp3) is 0.0741. The smallest absolute Gasteiger partial charge is 0.416 e. The lowest BCUT2D eigenvalue weighted by molar-refractivity contribution is -0.137. The predicted molar refractivity (Wildman–Crippen MR) is 136 cm³/mol. The van der Waals surface area contributed by atoms with Crippen molar-refractivity contribution in [3.63, 3.8) is 0 Å². The van der Waals surface area contributed by atoms with Gasteiger partial charge in [0.15, 0.2) is 0 Å². The Morgan fingerprint density at radius 2 is 1.42 bits per heavy atom. The second kappa shape index (κ2) is 9.33. The minimum Gasteiger partial charge on any atom is -0.478 e. The van der Waals surface area contributed by atoms with Gasteiger partial charge in [-0.15, -0.1) is 22.7 Å². The largest absolute Gasteiger partial charge is 0.478 e. The van der Waals surface area contributed by atoms with E-state index in [1.165, 1.54) is 22.7 Å². The quantitative estimate of drug-likeness (QED) is 0.252. The number of hydrogen-bond donors (Lipinski definition) is 1. The predicted octanol–water partition coefficient (Wildman–Crippen LogP) is 8.29. The molecule has 0 fully saturated rings. The minimum atomic E-state index is -4.42. The molecule has 0 amide bonds. The van der Waals surface area contributed by atoms with Gasteiger partial charge in [0, 0.05) is 33.0 Å². The van der Waals surface area contributed by atoms with Crippen LogP contribution in [0.2, 0.25) is 0 Å². The molecule has 0 bridgehead atoms. The Morgan fingerprint density at radius 1 is 0.806 bits per heavy atom. The van der Waals surface area contributed by atoms with Crippen molar-refractivity contribution in [3.05, 3.63) is 94.2 Å². The van der Waals surface area contributed by atoms with Gasteiger partial charge in [0.1, 0.15) is 10.0 Å². The van der Waals surface area contributed by atoms with Gasteiger partial charge in [-0.05, 0) is 36.8 Å². The number of halogens is 3. The number of aryl methyl sites for hydroxylation is 1. The maximum Gasteiger partial charge on any atom is 0.416 e. The van der Waals surface area contributed by atoms with Crippen molar-refractivity contribution < 1.29 is 23.1 Å². The van der Waals surface area contributed by atoms with Gasteiger partial charge in [0.2, 0.25) is 0 Å². The number of carboxylic acid groups (broad SMARTS) is 1. The van der Waals surface area contributed by atoms with E-state index in [2.05, 4.69) is 9.97 Å². The fourth-order valence-corrected chi connectivity index (χ4v) is 5.51. The van der Waals surface area contributed by atoms with Crippen LogP contribution in [0.1, 0.15) is 21.5 Å². The summed E-state index contributed by atoms with van der Waals surface area (Å²) in [5.74, 6) is -1.00. The highest BCUT2D eigenvalue weighted by Gasteiger charge is 2.31. The maximum absolute atomic E-state index is 13.2. The number of aromatic nitrogens is 2. The zero-order valence-electron chi connectivity index (χ0n) is 18.7. The molecule has 180 valence electrons. The number of alkyl halides is 3. The standard InChI is InChI=1S/C27H17F3N2O2S2/c1-15-10-18(12-19(11-15)27(28,29)30)23-14-35-24(31-23)17-8-6-16(7-9-17)22-13-36-25(32-22)20-4-2-3-5-21(20)26(33)34/h2-14H,1H3,(H,33,34). The highest BCUT2D eigenvalue weighted by molar-refractivity contribution is 7.13. The van der Waals surface area contributed by atoms with Gasteiger partial charge in [-0.2, -0.15) is 13.2 Å². The summed E-state index contributed by atoms with van der Waals surface area (Å²) < 4.78 is 39.6. The number of nitrogens with zero attached hydrogens (tertiary/aromatic N) is 2. The van der Waals surface area contributed by atoms with E-state index in [0.717, 1.165) is 29.0 Å². The van der Waals surface area contributed by atoms with E-state index in [1.807, 2.05) is 29.6 Å². The van der Waals surface area contributed by atoms with Crippen LogP contribution < -0.4 is 0 Å². The third-order valence-electron chi connectivity index (χ3n) is 5.52. The molecule has 0 radical (unpaired) electrons. The Balaban J connectivity index is 1.40. The lowest BCUT2D eigenvalue weighted by atomic mass is 10.0. The molecule has 0 spiro atoms. The molecule has 1 N–H and O–H groups in total. The Kier molecular flexibility index (Phi) is 6.19. The van der Waals surface area contributed by atoms with Crippen molar-refractivity contribution >= 4 is 28.6 Å². The number of benzene rings is 3. The summed E-state index contributed by atoms with van der Waals surface area (Å²) in [6.07, 6.45) is -4.42. The van der Waals surface area contributed by atoms with Gasteiger partial charge >= 0.3 is 12.1 Å². The summed E-state index contributed by atoms with van der Waals surface area (Å²) in [5.41, 5.74) is 3.94.